The largest absolute Gasteiger partial charge is 0.480 e. The summed E-state index contributed by atoms with van der Waals surface area (Å²) in [5, 5.41) is 15.2. The Labute approximate surface area is 322 Å². The fourth-order valence-corrected chi connectivity index (χ4v) is 5.94. The number of carboxylic acid groups (broad SMARTS) is 1. The third-order valence-electron chi connectivity index (χ3n) is 8.84. The van der Waals surface area contributed by atoms with Crippen LogP contribution in [0.4, 0.5) is 4.79 Å². The molecule has 4 amide bonds. The molecule has 1 aromatic rings. The van der Waals surface area contributed by atoms with Gasteiger partial charge >= 0.3 is 18.0 Å². The van der Waals surface area contributed by atoms with Gasteiger partial charge in [-0.25, -0.2) is 9.59 Å². The molecule has 0 aromatic heterocycles. The van der Waals surface area contributed by atoms with Crippen LogP contribution in [0.25, 0.3) is 0 Å². The van der Waals surface area contributed by atoms with Gasteiger partial charge in [0, 0.05) is 31.5 Å². The first-order valence-electron chi connectivity index (χ1n) is 18.4. The minimum Gasteiger partial charge on any atom is -0.480 e. The Morgan fingerprint density at radius 2 is 1.31 bits per heavy atom. The second-order valence-corrected chi connectivity index (χ2v) is 17.9. The lowest BCUT2D eigenvalue weighted by molar-refractivity contribution is -0.155. The van der Waals surface area contributed by atoms with Crippen LogP contribution in [-0.4, -0.2) is 100 Å². The van der Waals surface area contributed by atoms with Crippen molar-refractivity contribution < 1.29 is 43.3 Å². The van der Waals surface area contributed by atoms with E-state index in [9.17, 15) is 33.9 Å². The number of likely N-dealkylation sites (N-methyl/N-ethyl adjacent to an activating group) is 2. The van der Waals surface area contributed by atoms with Crippen LogP contribution in [0.2, 0.25) is 0 Å². The maximum absolute atomic E-state index is 14.5. The molecule has 0 aliphatic rings. The smallest absolute Gasteiger partial charge is 0.410 e. The highest BCUT2D eigenvalue weighted by Crippen LogP contribution is 2.32. The van der Waals surface area contributed by atoms with Crippen LogP contribution < -0.4 is 10.6 Å². The Morgan fingerprint density at radius 3 is 1.76 bits per heavy atom. The van der Waals surface area contributed by atoms with E-state index < -0.39 is 82.0 Å². The SMILES string of the molecule is C/C(=C\[C@H](C(C)C)N(C)C(=O)[C@@H](NC(=O)[C@@H](N(C)C(=O)OC(C)(C)C)C(C)(C)c1ccccc1)C(C)(C)C)C(=O)N[C@H](CCC(=O)OC(C)(C)C)C(=O)O. The molecule has 0 saturated carbocycles. The highest BCUT2D eigenvalue weighted by Gasteiger charge is 2.46. The molecule has 0 saturated heterocycles. The fraction of sp³-hybridized carbons (Fsp3) is 0.659. The number of carboxylic acids is 1. The van der Waals surface area contributed by atoms with E-state index in [2.05, 4.69) is 10.6 Å². The van der Waals surface area contributed by atoms with Gasteiger partial charge < -0.3 is 30.1 Å². The van der Waals surface area contributed by atoms with Crippen LogP contribution >= 0.6 is 0 Å². The number of amides is 4. The van der Waals surface area contributed by atoms with Gasteiger partial charge in [0.05, 0.1) is 6.04 Å². The topological polar surface area (TPSA) is 172 Å². The Kier molecular flexibility index (Phi) is 16.5. The van der Waals surface area contributed by atoms with E-state index in [0.717, 1.165) is 5.56 Å². The fourth-order valence-electron chi connectivity index (χ4n) is 5.94. The van der Waals surface area contributed by atoms with Crippen molar-refractivity contribution in [2.24, 2.45) is 11.3 Å². The number of rotatable bonds is 15. The predicted molar refractivity (Wildman–Crippen MR) is 208 cm³/mol. The first-order valence-corrected chi connectivity index (χ1v) is 18.4. The van der Waals surface area contributed by atoms with Crippen molar-refractivity contribution in [2.75, 3.05) is 14.1 Å². The summed E-state index contributed by atoms with van der Waals surface area (Å²) >= 11 is 0. The number of benzene rings is 1. The van der Waals surface area contributed by atoms with E-state index in [0.29, 0.717) is 0 Å². The van der Waals surface area contributed by atoms with Crippen molar-refractivity contribution in [1.82, 2.24) is 20.4 Å². The minimum absolute atomic E-state index is 0.164. The molecule has 13 nitrogen and oxygen atoms in total. The first kappa shape index (κ1) is 47.6. The Bertz CT molecular complexity index is 1520. The van der Waals surface area contributed by atoms with Crippen LogP contribution in [0.5, 0.6) is 0 Å². The van der Waals surface area contributed by atoms with E-state index in [-0.39, 0.29) is 24.3 Å². The molecule has 4 atom stereocenters. The van der Waals surface area contributed by atoms with Crippen molar-refractivity contribution in [2.45, 2.75) is 151 Å². The number of hydrogen-bond donors (Lipinski definition) is 3. The number of aliphatic carboxylic acids is 1. The number of nitrogens with one attached hydrogen (secondary N) is 2. The highest BCUT2D eigenvalue weighted by atomic mass is 16.6. The van der Waals surface area contributed by atoms with Gasteiger partial charge in [-0.05, 0) is 71.8 Å². The molecule has 0 aliphatic heterocycles. The molecule has 0 radical (unpaired) electrons. The van der Waals surface area contributed by atoms with Crippen molar-refractivity contribution in [1.29, 1.82) is 0 Å². The number of ether oxygens (including phenoxy) is 2. The molecule has 0 heterocycles. The van der Waals surface area contributed by atoms with Crippen LogP contribution in [0.3, 0.4) is 0 Å². The molecule has 1 aromatic carbocycles. The highest BCUT2D eigenvalue weighted by molar-refractivity contribution is 5.96. The molecule has 0 aliphatic carbocycles. The molecule has 13 heteroatoms. The van der Waals surface area contributed by atoms with Crippen molar-refractivity contribution in [3.8, 4) is 0 Å². The first-order chi connectivity index (χ1) is 24.4. The molecular formula is C41H66N4O9. The Balaban J connectivity index is 3.47. The maximum atomic E-state index is 14.5. The molecule has 3 N–H and O–H groups in total. The maximum Gasteiger partial charge on any atom is 0.410 e. The average molecular weight is 759 g/mol. The number of carbonyl (C=O) groups excluding carboxylic acids is 5. The van der Waals surface area contributed by atoms with Gasteiger partial charge in [0.1, 0.15) is 29.3 Å². The summed E-state index contributed by atoms with van der Waals surface area (Å²) in [6.45, 7) is 24.8. The summed E-state index contributed by atoms with van der Waals surface area (Å²) in [5.41, 5.74) is -2.32. The Hall–Kier alpha value is -4.42. The van der Waals surface area contributed by atoms with Crippen LogP contribution in [-0.2, 0) is 38.9 Å². The van der Waals surface area contributed by atoms with E-state index in [1.54, 1.807) is 54.7 Å². The van der Waals surface area contributed by atoms with Crippen LogP contribution in [0.1, 0.15) is 115 Å². The normalized spacial score (nSPS) is 14.9. The number of hydrogen-bond acceptors (Lipinski definition) is 8. The van der Waals surface area contributed by atoms with E-state index in [1.807, 2.05) is 78.8 Å². The predicted octanol–water partition coefficient (Wildman–Crippen LogP) is 5.85. The van der Waals surface area contributed by atoms with Crippen molar-refractivity contribution in [3.63, 3.8) is 0 Å². The van der Waals surface area contributed by atoms with E-state index in [4.69, 9.17) is 9.47 Å². The second kappa shape index (κ2) is 18.8. The van der Waals surface area contributed by atoms with E-state index in [1.165, 1.54) is 23.8 Å². The number of carbonyl (C=O) groups is 6. The number of nitrogens with zero attached hydrogens (tertiary/aromatic N) is 2. The van der Waals surface area contributed by atoms with Gasteiger partial charge in [-0.1, -0.05) is 84.9 Å². The molecule has 1 rings (SSSR count). The van der Waals surface area contributed by atoms with Crippen LogP contribution in [0, 0.1) is 11.3 Å². The van der Waals surface area contributed by atoms with E-state index >= 15 is 0 Å². The standard InChI is InChI=1S/C41H66N4O9/c1-25(2)29(24-26(3)33(47)42-28(36(50)51)22-23-30(46)53-39(7,8)9)44(15)35(49)31(38(4,5)6)43-34(48)32(45(16)37(52)54-40(10,11)12)41(13,14)27-20-18-17-19-21-27/h17-21,24-25,28-29,31-32H,22-23H2,1-16H3,(H,42,47)(H,43,48)(H,50,51)/b26-24+/t28-,29-,31-,32-/m1/s1. The zero-order chi connectivity index (χ0) is 42.1. The third-order valence-corrected chi connectivity index (χ3v) is 8.84. The average Bonchev–Trinajstić information content (AvgIpc) is 3.01. The lowest BCUT2D eigenvalue weighted by atomic mass is 9.76. The molecule has 0 unspecified atom stereocenters. The summed E-state index contributed by atoms with van der Waals surface area (Å²) in [4.78, 5) is 82.5. The number of esters is 1. The molecule has 54 heavy (non-hydrogen) atoms. The third kappa shape index (κ3) is 14.4. The minimum atomic E-state index is -1.35. The molecular weight excluding hydrogens is 692 g/mol. The van der Waals surface area contributed by atoms with Gasteiger partial charge in [-0.3, -0.25) is 24.1 Å². The molecule has 0 fully saturated rings. The second-order valence-electron chi connectivity index (χ2n) is 17.9. The summed E-state index contributed by atoms with van der Waals surface area (Å²) in [5.74, 6) is -3.75. The summed E-state index contributed by atoms with van der Waals surface area (Å²) in [7, 11) is 3.08. The quantitative estimate of drug-likeness (QED) is 0.147. The zero-order valence-electron chi connectivity index (χ0n) is 35.4. The molecule has 0 bridgehead atoms. The van der Waals surface area contributed by atoms with Gasteiger partial charge in [0.2, 0.25) is 17.7 Å². The zero-order valence-corrected chi connectivity index (χ0v) is 35.4. The Morgan fingerprint density at radius 1 is 0.796 bits per heavy atom. The van der Waals surface area contributed by atoms with Gasteiger partial charge in [-0.2, -0.15) is 0 Å². The van der Waals surface area contributed by atoms with Crippen molar-refractivity contribution in [3.05, 3.63) is 47.5 Å². The summed E-state index contributed by atoms with van der Waals surface area (Å²) in [6, 6.07) is 5.16. The van der Waals surface area contributed by atoms with Gasteiger partial charge in [-0.15, -0.1) is 0 Å². The van der Waals surface area contributed by atoms with Gasteiger partial charge in [0.15, 0.2) is 0 Å². The van der Waals surface area contributed by atoms with Gasteiger partial charge in [0.25, 0.3) is 0 Å². The van der Waals surface area contributed by atoms with Crippen LogP contribution in [0.15, 0.2) is 42.0 Å². The van der Waals surface area contributed by atoms with Crippen molar-refractivity contribution >= 4 is 35.8 Å². The summed E-state index contributed by atoms with van der Waals surface area (Å²) < 4.78 is 10.9. The monoisotopic (exact) mass is 758 g/mol. The lowest BCUT2D eigenvalue weighted by Gasteiger charge is -2.42. The molecule has 304 valence electrons. The lowest BCUT2D eigenvalue weighted by Crippen LogP contribution is -2.63. The molecule has 0 spiro atoms. The summed E-state index contributed by atoms with van der Waals surface area (Å²) in [6.07, 6.45) is 0.508.